The van der Waals surface area contributed by atoms with Crippen molar-refractivity contribution in [2.75, 3.05) is 19.7 Å². The van der Waals surface area contributed by atoms with Crippen LogP contribution in [0, 0.1) is 11.8 Å². The second-order valence-corrected chi connectivity index (χ2v) is 6.50. The van der Waals surface area contributed by atoms with E-state index in [2.05, 4.69) is 0 Å². The predicted octanol–water partition coefficient (Wildman–Crippen LogP) is 2.94. The van der Waals surface area contributed by atoms with Crippen LogP contribution in [0.1, 0.15) is 24.3 Å². The van der Waals surface area contributed by atoms with Gasteiger partial charge in [0, 0.05) is 31.5 Å². The Bertz CT molecular complexity index is 535. The largest absolute Gasteiger partial charge is 0.396 e. The van der Waals surface area contributed by atoms with E-state index in [9.17, 15) is 4.79 Å². The maximum atomic E-state index is 12.4. The highest BCUT2D eigenvalue weighted by Gasteiger charge is 2.47. The highest BCUT2D eigenvalue weighted by molar-refractivity contribution is 6.42. The summed E-state index contributed by atoms with van der Waals surface area (Å²) < 4.78 is 0. The summed E-state index contributed by atoms with van der Waals surface area (Å²) in [5, 5.41) is 10.3. The van der Waals surface area contributed by atoms with Crippen molar-refractivity contribution in [2.24, 2.45) is 11.8 Å². The number of likely N-dealkylation sites (tertiary alicyclic amines) is 1. The summed E-state index contributed by atoms with van der Waals surface area (Å²) in [6.07, 6.45) is 1.75. The molecule has 20 heavy (non-hydrogen) atoms. The molecule has 2 aliphatic rings. The lowest BCUT2D eigenvalue weighted by Crippen LogP contribution is -2.30. The smallest absolute Gasteiger partial charge is 0.226 e. The molecule has 1 aliphatic heterocycles. The van der Waals surface area contributed by atoms with Crippen molar-refractivity contribution in [3.63, 3.8) is 0 Å². The average molecular weight is 314 g/mol. The van der Waals surface area contributed by atoms with Crippen molar-refractivity contribution in [3.05, 3.63) is 33.8 Å². The third-order valence-electron chi connectivity index (χ3n) is 4.34. The SMILES string of the molecule is O=C(C1CC1c1cccc(Cl)c1Cl)N1CCC(CO)C1. The first-order chi connectivity index (χ1) is 9.61. The quantitative estimate of drug-likeness (QED) is 0.932. The van der Waals surface area contributed by atoms with E-state index in [1.165, 1.54) is 0 Å². The van der Waals surface area contributed by atoms with Crippen molar-refractivity contribution in [1.82, 2.24) is 4.90 Å². The fraction of sp³-hybridized carbons (Fsp3) is 0.533. The van der Waals surface area contributed by atoms with E-state index in [0.29, 0.717) is 16.6 Å². The zero-order valence-electron chi connectivity index (χ0n) is 11.1. The molecule has 1 saturated carbocycles. The summed E-state index contributed by atoms with van der Waals surface area (Å²) in [5.74, 6) is 0.665. The molecule has 1 aliphatic carbocycles. The number of aliphatic hydroxyl groups is 1. The Morgan fingerprint density at radius 3 is 2.90 bits per heavy atom. The van der Waals surface area contributed by atoms with E-state index < -0.39 is 0 Å². The molecule has 1 amide bonds. The highest BCUT2D eigenvalue weighted by Crippen LogP contribution is 2.51. The standard InChI is InChI=1S/C15H17Cl2NO2/c16-13-3-1-2-10(14(13)17)11-6-12(11)15(20)18-5-4-9(7-18)8-19/h1-3,9,11-12,19H,4-8H2. The molecule has 2 fully saturated rings. The number of benzene rings is 1. The molecular weight excluding hydrogens is 297 g/mol. The summed E-state index contributed by atoms with van der Waals surface area (Å²) in [5.41, 5.74) is 0.982. The minimum atomic E-state index is 0.0309. The first-order valence-corrected chi connectivity index (χ1v) is 7.71. The third kappa shape index (κ3) is 2.54. The minimum absolute atomic E-state index is 0.0309. The van der Waals surface area contributed by atoms with Gasteiger partial charge < -0.3 is 10.0 Å². The Labute approximate surface area is 128 Å². The molecule has 1 heterocycles. The van der Waals surface area contributed by atoms with Crippen LogP contribution in [0.4, 0.5) is 0 Å². The lowest BCUT2D eigenvalue weighted by molar-refractivity contribution is -0.131. The Morgan fingerprint density at radius 1 is 1.40 bits per heavy atom. The van der Waals surface area contributed by atoms with Gasteiger partial charge in [-0.15, -0.1) is 0 Å². The molecule has 3 unspecified atom stereocenters. The monoisotopic (exact) mass is 313 g/mol. The van der Waals surface area contributed by atoms with Crippen molar-refractivity contribution >= 4 is 29.1 Å². The Hall–Kier alpha value is -0.770. The molecule has 1 N–H and O–H groups in total. The normalized spacial score (nSPS) is 28.8. The molecule has 0 aromatic heterocycles. The van der Waals surface area contributed by atoms with E-state index in [4.69, 9.17) is 28.3 Å². The van der Waals surface area contributed by atoms with Gasteiger partial charge in [-0.25, -0.2) is 0 Å². The van der Waals surface area contributed by atoms with Crippen LogP contribution in [-0.4, -0.2) is 35.6 Å². The van der Waals surface area contributed by atoms with Crippen molar-refractivity contribution in [1.29, 1.82) is 0 Å². The van der Waals surface area contributed by atoms with Gasteiger partial charge in [0.15, 0.2) is 0 Å². The number of nitrogens with zero attached hydrogens (tertiary/aromatic N) is 1. The van der Waals surface area contributed by atoms with Gasteiger partial charge >= 0.3 is 0 Å². The highest BCUT2D eigenvalue weighted by atomic mass is 35.5. The summed E-state index contributed by atoms with van der Waals surface area (Å²) in [7, 11) is 0. The second kappa shape index (κ2) is 5.55. The van der Waals surface area contributed by atoms with Crippen LogP contribution in [-0.2, 0) is 4.79 Å². The van der Waals surface area contributed by atoms with E-state index >= 15 is 0 Å². The fourth-order valence-electron chi connectivity index (χ4n) is 3.03. The van der Waals surface area contributed by atoms with Gasteiger partial charge in [-0.2, -0.15) is 0 Å². The molecule has 0 bridgehead atoms. The number of carbonyl (C=O) groups excluding carboxylic acids is 1. The third-order valence-corrected chi connectivity index (χ3v) is 5.18. The van der Waals surface area contributed by atoms with Crippen LogP contribution in [0.3, 0.4) is 0 Å². The van der Waals surface area contributed by atoms with Crippen LogP contribution in [0.2, 0.25) is 10.0 Å². The maximum absolute atomic E-state index is 12.4. The Kier molecular flexibility index (Phi) is 3.93. The van der Waals surface area contributed by atoms with Gasteiger partial charge in [0.25, 0.3) is 0 Å². The molecule has 5 heteroatoms. The van der Waals surface area contributed by atoms with Gasteiger partial charge in [0.1, 0.15) is 0 Å². The Balaban J connectivity index is 1.67. The number of rotatable bonds is 3. The molecule has 3 nitrogen and oxygen atoms in total. The van der Waals surface area contributed by atoms with Crippen molar-refractivity contribution in [2.45, 2.75) is 18.8 Å². The van der Waals surface area contributed by atoms with Crippen LogP contribution >= 0.6 is 23.2 Å². The maximum Gasteiger partial charge on any atom is 0.226 e. The Morgan fingerprint density at radius 2 is 2.20 bits per heavy atom. The number of aliphatic hydroxyl groups excluding tert-OH is 1. The van der Waals surface area contributed by atoms with Gasteiger partial charge in [-0.3, -0.25) is 4.79 Å². The van der Waals surface area contributed by atoms with Gasteiger partial charge in [0.2, 0.25) is 5.91 Å². The van der Waals surface area contributed by atoms with Crippen molar-refractivity contribution < 1.29 is 9.90 Å². The number of halogens is 2. The summed E-state index contributed by atoms with van der Waals surface area (Å²) in [6, 6.07) is 5.59. The van der Waals surface area contributed by atoms with Gasteiger partial charge in [-0.05, 0) is 30.4 Å². The van der Waals surface area contributed by atoms with E-state index in [-0.39, 0.29) is 30.3 Å². The van der Waals surface area contributed by atoms with Crippen molar-refractivity contribution in [3.8, 4) is 0 Å². The molecule has 0 spiro atoms. The molecule has 1 saturated heterocycles. The zero-order valence-corrected chi connectivity index (χ0v) is 12.6. The number of hydrogen-bond donors (Lipinski definition) is 1. The van der Waals surface area contributed by atoms with Crippen LogP contribution < -0.4 is 0 Å². The minimum Gasteiger partial charge on any atom is -0.396 e. The van der Waals surface area contributed by atoms with Crippen LogP contribution in [0.15, 0.2) is 18.2 Å². The molecule has 1 aromatic rings. The summed E-state index contributed by atoms with van der Waals surface area (Å²) >= 11 is 12.2. The first kappa shape index (κ1) is 14.2. The van der Waals surface area contributed by atoms with E-state index in [0.717, 1.165) is 24.9 Å². The predicted molar refractivity (Wildman–Crippen MR) is 79.1 cm³/mol. The number of hydrogen-bond acceptors (Lipinski definition) is 2. The summed E-state index contributed by atoms with van der Waals surface area (Å²) in [4.78, 5) is 14.3. The molecule has 1 aromatic carbocycles. The average Bonchev–Trinajstić information content (AvgIpc) is 3.09. The fourth-order valence-corrected chi connectivity index (χ4v) is 3.48. The molecular formula is C15H17Cl2NO2. The number of carbonyl (C=O) groups is 1. The molecule has 3 atom stereocenters. The summed E-state index contributed by atoms with van der Waals surface area (Å²) in [6.45, 7) is 1.61. The van der Waals surface area contributed by atoms with Crippen LogP contribution in [0.25, 0.3) is 0 Å². The lowest BCUT2D eigenvalue weighted by Gasteiger charge is -2.16. The zero-order chi connectivity index (χ0) is 14.3. The number of amides is 1. The second-order valence-electron chi connectivity index (χ2n) is 5.71. The van der Waals surface area contributed by atoms with E-state index in [1.54, 1.807) is 6.07 Å². The first-order valence-electron chi connectivity index (χ1n) is 6.95. The topological polar surface area (TPSA) is 40.5 Å². The lowest BCUT2D eigenvalue weighted by atomic mass is 10.1. The van der Waals surface area contributed by atoms with Gasteiger partial charge in [0.05, 0.1) is 10.0 Å². The van der Waals surface area contributed by atoms with Crippen LogP contribution in [0.5, 0.6) is 0 Å². The molecule has 108 valence electrons. The van der Waals surface area contributed by atoms with E-state index in [1.807, 2.05) is 17.0 Å². The van der Waals surface area contributed by atoms with Gasteiger partial charge in [-0.1, -0.05) is 35.3 Å². The molecule has 0 radical (unpaired) electrons. The molecule has 3 rings (SSSR count).